The number of aromatic nitrogens is 5. The van der Waals surface area contributed by atoms with Crippen LogP contribution in [0.1, 0.15) is 12.5 Å². The van der Waals surface area contributed by atoms with Crippen molar-refractivity contribution in [2.45, 2.75) is 19.9 Å². The first kappa shape index (κ1) is 18.5. The zero-order valence-electron chi connectivity index (χ0n) is 15.5. The van der Waals surface area contributed by atoms with Gasteiger partial charge >= 0.3 is 0 Å². The number of benzene rings is 2. The lowest BCUT2D eigenvalue weighted by Crippen LogP contribution is -2.28. The predicted molar refractivity (Wildman–Crippen MR) is 105 cm³/mol. The van der Waals surface area contributed by atoms with Crippen molar-refractivity contribution in [2.75, 3.05) is 5.32 Å². The van der Waals surface area contributed by atoms with Gasteiger partial charge in [0, 0.05) is 5.69 Å². The Hall–Kier alpha value is -3.88. The molecule has 2 aromatic carbocycles. The normalized spacial score (nSPS) is 11.0. The van der Waals surface area contributed by atoms with E-state index < -0.39 is 5.56 Å². The van der Waals surface area contributed by atoms with E-state index >= 15 is 0 Å². The van der Waals surface area contributed by atoms with E-state index in [9.17, 15) is 14.0 Å². The number of carbonyl (C=O) groups excluding carboxylic acids is 1. The second-order valence-corrected chi connectivity index (χ2v) is 6.43. The summed E-state index contributed by atoms with van der Waals surface area (Å²) in [5.41, 5.74) is 2.10. The maximum Gasteiger partial charge on any atom is 0.284 e. The number of rotatable bonds is 5. The summed E-state index contributed by atoms with van der Waals surface area (Å²) in [7, 11) is 0. The zero-order valence-corrected chi connectivity index (χ0v) is 15.5. The van der Waals surface area contributed by atoms with Gasteiger partial charge in [-0.2, -0.15) is 4.68 Å². The third-order valence-electron chi connectivity index (χ3n) is 4.46. The number of aryl methyl sites for hydroxylation is 1. The highest BCUT2D eigenvalue weighted by atomic mass is 19.1. The summed E-state index contributed by atoms with van der Waals surface area (Å²) in [6.07, 6.45) is 2.18. The molecular weight excluding hydrogens is 375 g/mol. The van der Waals surface area contributed by atoms with Gasteiger partial charge in [0.1, 0.15) is 18.7 Å². The monoisotopic (exact) mass is 392 g/mol. The summed E-state index contributed by atoms with van der Waals surface area (Å²) < 4.78 is 15.6. The van der Waals surface area contributed by atoms with Crippen LogP contribution in [0.5, 0.6) is 0 Å². The Labute approximate surface area is 164 Å². The van der Waals surface area contributed by atoms with Crippen molar-refractivity contribution in [3.8, 4) is 5.69 Å². The number of fused-ring (bicyclic) bond motifs is 1. The Kier molecular flexibility index (Phi) is 4.86. The first-order valence-corrected chi connectivity index (χ1v) is 9.00. The predicted octanol–water partition coefficient (Wildman–Crippen LogP) is 2.32. The molecule has 0 unspecified atom stereocenters. The molecule has 4 rings (SSSR count). The van der Waals surface area contributed by atoms with Crippen molar-refractivity contribution in [3.63, 3.8) is 0 Å². The van der Waals surface area contributed by atoms with E-state index in [0.29, 0.717) is 11.4 Å². The molecule has 0 radical (unpaired) electrons. The molecule has 0 atom stereocenters. The van der Waals surface area contributed by atoms with Crippen molar-refractivity contribution in [3.05, 3.63) is 76.6 Å². The van der Waals surface area contributed by atoms with Crippen molar-refractivity contribution >= 4 is 22.8 Å². The Bertz CT molecular complexity index is 1230. The molecule has 0 spiro atoms. The molecule has 2 aromatic heterocycles. The molecule has 0 saturated carbocycles. The van der Waals surface area contributed by atoms with Crippen LogP contribution in [0.25, 0.3) is 16.9 Å². The summed E-state index contributed by atoms with van der Waals surface area (Å²) in [6.45, 7) is 1.84. The summed E-state index contributed by atoms with van der Waals surface area (Å²) in [5, 5.41) is 10.6. The number of amides is 1. The summed E-state index contributed by atoms with van der Waals surface area (Å²) in [4.78, 5) is 29.2. The largest absolute Gasteiger partial charge is 0.325 e. The van der Waals surface area contributed by atoms with Crippen LogP contribution in [0.3, 0.4) is 0 Å². The van der Waals surface area contributed by atoms with Gasteiger partial charge in [-0.3, -0.25) is 14.2 Å². The minimum atomic E-state index is -0.486. The summed E-state index contributed by atoms with van der Waals surface area (Å²) >= 11 is 0. The number of halogens is 1. The molecule has 0 saturated heterocycles. The molecule has 146 valence electrons. The Morgan fingerprint density at radius 1 is 1.10 bits per heavy atom. The van der Waals surface area contributed by atoms with E-state index in [0.717, 1.165) is 12.0 Å². The topological polar surface area (TPSA) is 94.7 Å². The van der Waals surface area contributed by atoms with Crippen LogP contribution in [-0.4, -0.2) is 30.5 Å². The van der Waals surface area contributed by atoms with Gasteiger partial charge in [-0.25, -0.2) is 9.37 Å². The minimum absolute atomic E-state index is 0.0249. The maximum atomic E-state index is 13.1. The van der Waals surface area contributed by atoms with E-state index in [1.54, 1.807) is 0 Å². The zero-order chi connectivity index (χ0) is 20.4. The van der Waals surface area contributed by atoms with Crippen LogP contribution in [-0.2, 0) is 17.8 Å². The lowest BCUT2D eigenvalue weighted by atomic mass is 10.1. The van der Waals surface area contributed by atoms with Crippen LogP contribution >= 0.6 is 0 Å². The van der Waals surface area contributed by atoms with Crippen LogP contribution in [0, 0.1) is 5.82 Å². The first-order chi connectivity index (χ1) is 14.0. The minimum Gasteiger partial charge on any atom is -0.325 e. The van der Waals surface area contributed by atoms with Crippen LogP contribution in [0.15, 0.2) is 59.7 Å². The highest BCUT2D eigenvalue weighted by Gasteiger charge is 2.15. The molecule has 8 nitrogen and oxygen atoms in total. The quantitative estimate of drug-likeness (QED) is 0.562. The van der Waals surface area contributed by atoms with Gasteiger partial charge in [0.15, 0.2) is 11.2 Å². The van der Waals surface area contributed by atoms with E-state index in [4.69, 9.17) is 0 Å². The second kappa shape index (κ2) is 7.63. The molecule has 0 aliphatic carbocycles. The smallest absolute Gasteiger partial charge is 0.284 e. The molecule has 0 aliphatic rings. The standard InChI is InChI=1S/C20H17FN6O2/c1-2-13-3-7-15(8-4-13)23-17(28)11-26-12-22-19-18(20(26)29)24-25-27(19)16-9-5-14(21)6-10-16/h3-10,12H,2,11H2,1H3,(H,23,28). The highest BCUT2D eigenvalue weighted by Crippen LogP contribution is 2.13. The van der Waals surface area contributed by atoms with Gasteiger partial charge in [0.25, 0.3) is 5.56 Å². The number of hydrogen-bond donors (Lipinski definition) is 1. The third-order valence-corrected chi connectivity index (χ3v) is 4.46. The molecule has 1 N–H and O–H groups in total. The Morgan fingerprint density at radius 2 is 1.83 bits per heavy atom. The maximum absolute atomic E-state index is 13.1. The number of anilines is 1. The number of carbonyl (C=O) groups is 1. The molecule has 0 aliphatic heterocycles. The molecule has 29 heavy (non-hydrogen) atoms. The molecule has 9 heteroatoms. The van der Waals surface area contributed by atoms with E-state index in [1.807, 2.05) is 24.3 Å². The van der Waals surface area contributed by atoms with Crippen LogP contribution in [0.4, 0.5) is 10.1 Å². The fraction of sp³-hybridized carbons (Fsp3) is 0.150. The SMILES string of the molecule is CCc1ccc(NC(=O)Cn2cnc3c(nnn3-c3ccc(F)cc3)c2=O)cc1. The molecular formula is C20H17FN6O2. The number of nitrogens with zero attached hydrogens (tertiary/aromatic N) is 5. The van der Waals surface area contributed by atoms with Crippen LogP contribution < -0.4 is 10.9 Å². The Balaban J connectivity index is 1.56. The van der Waals surface area contributed by atoms with Gasteiger partial charge in [-0.05, 0) is 48.4 Å². The Morgan fingerprint density at radius 3 is 2.52 bits per heavy atom. The fourth-order valence-corrected chi connectivity index (χ4v) is 2.89. The summed E-state index contributed by atoms with van der Waals surface area (Å²) in [6, 6.07) is 13.1. The molecule has 0 bridgehead atoms. The average Bonchev–Trinajstić information content (AvgIpc) is 3.16. The number of nitrogens with one attached hydrogen (secondary N) is 1. The van der Waals surface area contributed by atoms with Gasteiger partial charge in [-0.1, -0.05) is 24.3 Å². The molecule has 2 heterocycles. The molecule has 4 aromatic rings. The van der Waals surface area contributed by atoms with E-state index in [1.165, 1.54) is 39.8 Å². The fourth-order valence-electron chi connectivity index (χ4n) is 2.89. The first-order valence-electron chi connectivity index (χ1n) is 9.00. The van der Waals surface area contributed by atoms with Gasteiger partial charge in [-0.15, -0.1) is 5.10 Å². The lowest BCUT2D eigenvalue weighted by molar-refractivity contribution is -0.116. The van der Waals surface area contributed by atoms with Crippen molar-refractivity contribution < 1.29 is 9.18 Å². The molecule has 1 amide bonds. The molecule has 0 fully saturated rings. The van der Waals surface area contributed by atoms with Gasteiger partial charge < -0.3 is 5.32 Å². The number of hydrogen-bond acceptors (Lipinski definition) is 5. The van der Waals surface area contributed by atoms with Gasteiger partial charge in [0.05, 0.1) is 5.69 Å². The van der Waals surface area contributed by atoms with E-state index in [-0.39, 0.29) is 29.4 Å². The summed E-state index contributed by atoms with van der Waals surface area (Å²) in [5.74, 6) is -0.743. The van der Waals surface area contributed by atoms with Crippen molar-refractivity contribution in [1.82, 2.24) is 24.5 Å². The second-order valence-electron chi connectivity index (χ2n) is 6.43. The lowest BCUT2D eigenvalue weighted by Gasteiger charge is -2.08. The van der Waals surface area contributed by atoms with Gasteiger partial charge in [0.2, 0.25) is 5.91 Å². The van der Waals surface area contributed by atoms with Crippen LogP contribution in [0.2, 0.25) is 0 Å². The third kappa shape index (κ3) is 3.75. The van der Waals surface area contributed by atoms with Crippen molar-refractivity contribution in [1.29, 1.82) is 0 Å². The highest BCUT2D eigenvalue weighted by molar-refractivity contribution is 5.90. The van der Waals surface area contributed by atoms with Crippen molar-refractivity contribution in [2.24, 2.45) is 0 Å². The van der Waals surface area contributed by atoms with E-state index in [2.05, 4.69) is 27.5 Å². The average molecular weight is 392 g/mol.